The molecule has 4 heteroatoms. The third kappa shape index (κ3) is 3.93. The van der Waals surface area contributed by atoms with Gasteiger partial charge in [-0.1, -0.05) is 13.0 Å². The summed E-state index contributed by atoms with van der Waals surface area (Å²) in [5, 5.41) is 4.20. The zero-order chi connectivity index (χ0) is 13.8. The van der Waals surface area contributed by atoms with Gasteiger partial charge in [0, 0.05) is 29.0 Å². The van der Waals surface area contributed by atoms with Crippen LogP contribution < -0.4 is 5.32 Å². The molecule has 1 N–H and O–H groups in total. The van der Waals surface area contributed by atoms with Gasteiger partial charge in [0.25, 0.3) is 0 Å². The zero-order valence-electron chi connectivity index (χ0n) is 11.5. The summed E-state index contributed by atoms with van der Waals surface area (Å²) in [4.78, 5) is 0. The quantitative estimate of drug-likeness (QED) is 0.866. The summed E-state index contributed by atoms with van der Waals surface area (Å²) < 4.78 is 26.6. The van der Waals surface area contributed by atoms with E-state index in [0.29, 0.717) is 11.6 Å². The van der Waals surface area contributed by atoms with Gasteiger partial charge in [-0.15, -0.1) is 0 Å². The normalized spacial score (nSPS) is 24.6. The van der Waals surface area contributed by atoms with Gasteiger partial charge in [0.15, 0.2) is 0 Å². The summed E-state index contributed by atoms with van der Waals surface area (Å²) in [6.45, 7) is 4.12. The SMILES string of the molecule is CCSC1CCC(NC(C)c2ccc(F)cc2F)C1. The Labute approximate surface area is 118 Å². The van der Waals surface area contributed by atoms with E-state index in [1.54, 1.807) is 0 Å². The molecular formula is C15H21F2NS. The highest BCUT2D eigenvalue weighted by Crippen LogP contribution is 2.31. The van der Waals surface area contributed by atoms with Crippen LogP contribution >= 0.6 is 11.8 Å². The van der Waals surface area contributed by atoms with Crippen molar-refractivity contribution in [1.82, 2.24) is 5.32 Å². The lowest BCUT2D eigenvalue weighted by Crippen LogP contribution is -2.30. The number of hydrogen-bond acceptors (Lipinski definition) is 2. The molecule has 1 aliphatic carbocycles. The van der Waals surface area contributed by atoms with Crippen molar-refractivity contribution in [1.29, 1.82) is 0 Å². The molecule has 1 saturated carbocycles. The van der Waals surface area contributed by atoms with Gasteiger partial charge < -0.3 is 5.32 Å². The minimum absolute atomic E-state index is 0.0732. The van der Waals surface area contributed by atoms with Crippen molar-refractivity contribution in [3.05, 3.63) is 35.4 Å². The van der Waals surface area contributed by atoms with Crippen LogP contribution in [0.1, 0.15) is 44.7 Å². The van der Waals surface area contributed by atoms with E-state index in [9.17, 15) is 8.78 Å². The smallest absolute Gasteiger partial charge is 0.130 e. The fraction of sp³-hybridized carbons (Fsp3) is 0.600. The highest BCUT2D eigenvalue weighted by molar-refractivity contribution is 7.99. The van der Waals surface area contributed by atoms with Gasteiger partial charge in [-0.25, -0.2) is 8.78 Å². The van der Waals surface area contributed by atoms with Gasteiger partial charge in [-0.2, -0.15) is 11.8 Å². The summed E-state index contributed by atoms with van der Waals surface area (Å²) >= 11 is 2.01. The molecule has 0 bridgehead atoms. The molecule has 0 radical (unpaired) electrons. The van der Waals surface area contributed by atoms with Crippen LogP contribution in [-0.2, 0) is 0 Å². The largest absolute Gasteiger partial charge is 0.307 e. The summed E-state index contributed by atoms with van der Waals surface area (Å²) in [5.41, 5.74) is 0.549. The number of halogens is 2. The summed E-state index contributed by atoms with van der Waals surface area (Å²) in [5.74, 6) is 0.172. The fourth-order valence-electron chi connectivity index (χ4n) is 2.77. The highest BCUT2D eigenvalue weighted by Gasteiger charge is 2.26. The lowest BCUT2D eigenvalue weighted by atomic mass is 10.1. The Balaban J connectivity index is 1.92. The second kappa shape index (κ2) is 6.71. The Bertz CT molecular complexity index is 425. The van der Waals surface area contributed by atoms with E-state index in [1.165, 1.54) is 18.6 Å². The Morgan fingerprint density at radius 1 is 1.37 bits per heavy atom. The third-order valence-electron chi connectivity index (χ3n) is 3.70. The molecule has 0 aliphatic heterocycles. The van der Waals surface area contributed by atoms with E-state index in [4.69, 9.17) is 0 Å². The molecule has 0 aromatic heterocycles. The first-order valence-corrected chi connectivity index (χ1v) is 7.97. The standard InChI is InChI=1S/C15H21F2NS/c1-3-19-13-6-5-12(9-13)18-10(2)14-7-4-11(16)8-15(14)17/h4,7-8,10,12-13,18H,3,5-6,9H2,1-2H3. The molecule has 19 heavy (non-hydrogen) atoms. The van der Waals surface area contributed by atoms with Gasteiger partial charge in [-0.05, 0) is 38.0 Å². The maximum absolute atomic E-state index is 13.7. The van der Waals surface area contributed by atoms with Crippen molar-refractivity contribution in [2.45, 2.75) is 50.4 Å². The first-order chi connectivity index (χ1) is 9.10. The van der Waals surface area contributed by atoms with Crippen molar-refractivity contribution < 1.29 is 8.78 Å². The molecule has 1 aromatic rings. The monoisotopic (exact) mass is 285 g/mol. The molecule has 3 unspecified atom stereocenters. The van der Waals surface area contributed by atoms with Gasteiger partial charge in [0.1, 0.15) is 11.6 Å². The third-order valence-corrected chi connectivity index (χ3v) is 4.93. The van der Waals surface area contributed by atoms with E-state index in [1.807, 2.05) is 18.7 Å². The Morgan fingerprint density at radius 3 is 2.84 bits per heavy atom. The predicted molar refractivity (Wildman–Crippen MR) is 77.5 cm³/mol. The number of benzene rings is 1. The number of rotatable bonds is 5. The highest BCUT2D eigenvalue weighted by atomic mass is 32.2. The summed E-state index contributed by atoms with van der Waals surface area (Å²) in [7, 11) is 0. The maximum Gasteiger partial charge on any atom is 0.130 e. The van der Waals surface area contributed by atoms with Crippen LogP contribution in [0, 0.1) is 11.6 Å². The van der Waals surface area contributed by atoms with Gasteiger partial charge in [-0.3, -0.25) is 0 Å². The van der Waals surface area contributed by atoms with Gasteiger partial charge in [0.05, 0.1) is 0 Å². The van der Waals surface area contributed by atoms with Crippen molar-refractivity contribution >= 4 is 11.8 Å². The van der Waals surface area contributed by atoms with E-state index in [-0.39, 0.29) is 6.04 Å². The van der Waals surface area contributed by atoms with Crippen LogP contribution in [0.5, 0.6) is 0 Å². The Hall–Kier alpha value is -0.610. The summed E-state index contributed by atoms with van der Waals surface area (Å²) in [6.07, 6.45) is 3.52. The predicted octanol–water partition coefficient (Wildman–Crippen LogP) is 4.29. The minimum Gasteiger partial charge on any atom is -0.307 e. The van der Waals surface area contributed by atoms with Crippen LogP contribution in [0.4, 0.5) is 8.78 Å². The summed E-state index contributed by atoms with van der Waals surface area (Å²) in [6, 6.07) is 4.19. The fourth-order valence-corrected chi connectivity index (χ4v) is 3.92. The molecule has 0 heterocycles. The average Bonchev–Trinajstić information content (AvgIpc) is 2.76. The molecular weight excluding hydrogens is 264 g/mol. The van der Waals surface area contributed by atoms with Crippen LogP contribution in [0.2, 0.25) is 0 Å². The topological polar surface area (TPSA) is 12.0 Å². The second-order valence-corrected chi connectivity index (χ2v) is 6.72. The molecule has 1 aromatic carbocycles. The molecule has 1 nitrogen and oxygen atoms in total. The maximum atomic E-state index is 13.7. The van der Waals surface area contributed by atoms with Gasteiger partial charge >= 0.3 is 0 Å². The minimum atomic E-state index is -0.520. The van der Waals surface area contributed by atoms with Crippen LogP contribution in [0.25, 0.3) is 0 Å². The molecule has 3 atom stereocenters. The molecule has 1 aliphatic rings. The lowest BCUT2D eigenvalue weighted by Gasteiger charge is -2.20. The molecule has 0 spiro atoms. The average molecular weight is 285 g/mol. The van der Waals surface area contributed by atoms with E-state index < -0.39 is 11.6 Å². The first kappa shape index (κ1) is 14.8. The number of thioether (sulfide) groups is 1. The van der Waals surface area contributed by atoms with Crippen LogP contribution in [0.15, 0.2) is 18.2 Å². The molecule has 0 amide bonds. The number of nitrogens with one attached hydrogen (secondary N) is 1. The second-order valence-electron chi connectivity index (χ2n) is 5.14. The van der Waals surface area contributed by atoms with E-state index >= 15 is 0 Å². The number of hydrogen-bond donors (Lipinski definition) is 1. The Kier molecular flexibility index (Phi) is 5.22. The van der Waals surface area contributed by atoms with Crippen molar-refractivity contribution in [2.24, 2.45) is 0 Å². The van der Waals surface area contributed by atoms with Crippen LogP contribution in [0.3, 0.4) is 0 Å². The first-order valence-electron chi connectivity index (χ1n) is 6.92. The van der Waals surface area contributed by atoms with Crippen LogP contribution in [-0.4, -0.2) is 17.0 Å². The molecule has 1 fully saturated rings. The lowest BCUT2D eigenvalue weighted by molar-refractivity contribution is 0.446. The van der Waals surface area contributed by atoms with Crippen molar-refractivity contribution in [2.75, 3.05) is 5.75 Å². The molecule has 2 rings (SSSR count). The molecule has 106 valence electrons. The van der Waals surface area contributed by atoms with Crippen molar-refractivity contribution in [3.8, 4) is 0 Å². The van der Waals surface area contributed by atoms with E-state index in [0.717, 1.165) is 29.9 Å². The van der Waals surface area contributed by atoms with Crippen molar-refractivity contribution in [3.63, 3.8) is 0 Å². The Morgan fingerprint density at radius 2 is 2.16 bits per heavy atom. The van der Waals surface area contributed by atoms with Gasteiger partial charge in [0.2, 0.25) is 0 Å². The zero-order valence-corrected chi connectivity index (χ0v) is 12.3. The van der Waals surface area contributed by atoms with E-state index in [2.05, 4.69) is 12.2 Å². The molecule has 0 saturated heterocycles.